The van der Waals surface area contributed by atoms with E-state index in [-0.39, 0.29) is 23.8 Å². The molecule has 1 aliphatic heterocycles. The van der Waals surface area contributed by atoms with E-state index in [4.69, 9.17) is 5.73 Å². The number of rotatable bonds is 7. The van der Waals surface area contributed by atoms with Crippen molar-refractivity contribution in [3.8, 4) is 0 Å². The zero-order chi connectivity index (χ0) is 19.3. The molecule has 0 spiro atoms. The van der Waals surface area contributed by atoms with Gasteiger partial charge in [0.15, 0.2) is 0 Å². The van der Waals surface area contributed by atoms with E-state index in [9.17, 15) is 9.59 Å². The lowest BCUT2D eigenvalue weighted by molar-refractivity contribution is -0.141. The lowest BCUT2D eigenvalue weighted by atomic mass is 9.92. The fourth-order valence-corrected chi connectivity index (χ4v) is 4.36. The molecule has 2 fully saturated rings. The first kappa shape index (κ1) is 21.2. The van der Waals surface area contributed by atoms with Crippen molar-refractivity contribution in [1.82, 2.24) is 9.80 Å². The van der Waals surface area contributed by atoms with Gasteiger partial charge in [-0.05, 0) is 38.0 Å². The molecular formula is C21H39N3O2. The fraction of sp³-hybridized carbons (Fsp3) is 0.905. The van der Waals surface area contributed by atoms with Crippen LogP contribution in [0.25, 0.3) is 0 Å². The second-order valence-corrected chi connectivity index (χ2v) is 9.00. The van der Waals surface area contributed by atoms with Gasteiger partial charge in [-0.3, -0.25) is 9.59 Å². The normalized spacial score (nSPS) is 22.9. The molecule has 0 aromatic rings. The molecule has 5 nitrogen and oxygen atoms in total. The van der Waals surface area contributed by atoms with Crippen molar-refractivity contribution >= 4 is 11.8 Å². The minimum absolute atomic E-state index is 0.00924. The Morgan fingerprint density at radius 2 is 1.65 bits per heavy atom. The maximum Gasteiger partial charge on any atom is 0.239 e. The van der Waals surface area contributed by atoms with E-state index in [0.717, 1.165) is 38.6 Å². The van der Waals surface area contributed by atoms with Gasteiger partial charge in [0.25, 0.3) is 0 Å². The van der Waals surface area contributed by atoms with Gasteiger partial charge in [0.2, 0.25) is 11.8 Å². The number of nitrogens with two attached hydrogens (primary N) is 1. The molecule has 2 N–H and O–H groups in total. The molecule has 0 radical (unpaired) electrons. The summed E-state index contributed by atoms with van der Waals surface area (Å²) >= 11 is 0. The van der Waals surface area contributed by atoms with Crippen molar-refractivity contribution in [2.45, 2.75) is 97.2 Å². The summed E-state index contributed by atoms with van der Waals surface area (Å²) in [6, 6.07) is 0.114. The second-order valence-electron chi connectivity index (χ2n) is 9.00. The minimum atomic E-state index is -0.403. The van der Waals surface area contributed by atoms with E-state index in [1.54, 1.807) is 0 Å². The van der Waals surface area contributed by atoms with Crippen LogP contribution in [0, 0.1) is 11.8 Å². The molecule has 26 heavy (non-hydrogen) atoms. The van der Waals surface area contributed by atoms with Crippen LogP contribution in [-0.2, 0) is 9.59 Å². The third-order valence-electron chi connectivity index (χ3n) is 5.96. The molecule has 0 bridgehead atoms. The Bertz CT molecular complexity index is 472. The van der Waals surface area contributed by atoms with Gasteiger partial charge in [0, 0.05) is 25.0 Å². The average Bonchev–Trinajstić information content (AvgIpc) is 3.09. The number of nitrogens with zero attached hydrogens (tertiary/aromatic N) is 2. The van der Waals surface area contributed by atoms with Gasteiger partial charge in [-0.1, -0.05) is 47.0 Å². The Kier molecular flexibility index (Phi) is 7.93. The maximum absolute atomic E-state index is 12.9. The Morgan fingerprint density at radius 3 is 2.23 bits per heavy atom. The molecule has 0 aromatic heterocycles. The highest BCUT2D eigenvalue weighted by molar-refractivity contribution is 5.82. The van der Waals surface area contributed by atoms with Gasteiger partial charge >= 0.3 is 0 Å². The van der Waals surface area contributed by atoms with Crippen LogP contribution in [0.15, 0.2) is 0 Å². The lowest BCUT2D eigenvalue weighted by Gasteiger charge is -2.39. The van der Waals surface area contributed by atoms with E-state index in [2.05, 4.69) is 18.7 Å². The Balaban J connectivity index is 2.00. The van der Waals surface area contributed by atoms with Crippen molar-refractivity contribution in [3.05, 3.63) is 0 Å². The zero-order valence-corrected chi connectivity index (χ0v) is 17.2. The standard InChI is InChI=1S/C21H39N3O2/c1-15(2)10-11-19(22)21(26)23-13-12-18(14-23)24(20(25)16(3)4)17-8-6-5-7-9-17/h15-19H,5-14,22H2,1-4H3. The average molecular weight is 366 g/mol. The molecule has 2 aliphatic rings. The maximum atomic E-state index is 12.9. The highest BCUT2D eigenvalue weighted by atomic mass is 16.2. The predicted octanol–water partition coefficient (Wildman–Crippen LogP) is 3.17. The zero-order valence-electron chi connectivity index (χ0n) is 17.2. The monoisotopic (exact) mass is 365 g/mol. The first-order chi connectivity index (χ1) is 12.3. The third kappa shape index (κ3) is 5.45. The molecule has 2 rings (SSSR count). The van der Waals surface area contributed by atoms with Crippen molar-refractivity contribution < 1.29 is 9.59 Å². The van der Waals surface area contributed by atoms with E-state index in [1.807, 2.05) is 18.7 Å². The Hall–Kier alpha value is -1.10. The van der Waals surface area contributed by atoms with Crippen molar-refractivity contribution in [1.29, 1.82) is 0 Å². The molecule has 1 heterocycles. The minimum Gasteiger partial charge on any atom is -0.339 e. The predicted molar refractivity (Wildman–Crippen MR) is 106 cm³/mol. The van der Waals surface area contributed by atoms with Crippen LogP contribution in [0.2, 0.25) is 0 Å². The summed E-state index contributed by atoms with van der Waals surface area (Å²) in [4.78, 5) is 29.7. The molecule has 5 heteroatoms. The van der Waals surface area contributed by atoms with Gasteiger partial charge < -0.3 is 15.5 Å². The van der Waals surface area contributed by atoms with Crippen LogP contribution in [0.4, 0.5) is 0 Å². The number of amides is 2. The number of carbonyl (C=O) groups is 2. The second kappa shape index (κ2) is 9.72. The Morgan fingerprint density at radius 1 is 1.00 bits per heavy atom. The highest BCUT2D eigenvalue weighted by Gasteiger charge is 2.38. The molecule has 1 aliphatic carbocycles. The molecule has 2 unspecified atom stereocenters. The summed E-state index contributed by atoms with van der Waals surface area (Å²) in [6.07, 6.45) is 8.52. The third-order valence-corrected chi connectivity index (χ3v) is 5.96. The van der Waals surface area contributed by atoms with Gasteiger partial charge in [0.1, 0.15) is 0 Å². The smallest absolute Gasteiger partial charge is 0.239 e. The van der Waals surface area contributed by atoms with Crippen LogP contribution >= 0.6 is 0 Å². The Labute approximate surface area is 159 Å². The highest BCUT2D eigenvalue weighted by Crippen LogP contribution is 2.29. The lowest BCUT2D eigenvalue weighted by Crippen LogP contribution is -2.51. The number of likely N-dealkylation sites (tertiary alicyclic amines) is 1. The quantitative estimate of drug-likeness (QED) is 0.753. The summed E-state index contributed by atoms with van der Waals surface area (Å²) in [5.74, 6) is 0.884. The van der Waals surface area contributed by atoms with Crippen LogP contribution < -0.4 is 5.73 Å². The number of hydrogen-bond donors (Lipinski definition) is 1. The first-order valence-corrected chi connectivity index (χ1v) is 10.7. The van der Waals surface area contributed by atoms with Gasteiger partial charge in [-0.25, -0.2) is 0 Å². The topological polar surface area (TPSA) is 66.6 Å². The summed E-state index contributed by atoms with van der Waals surface area (Å²) in [5, 5.41) is 0. The van der Waals surface area contributed by atoms with Crippen LogP contribution in [0.5, 0.6) is 0 Å². The first-order valence-electron chi connectivity index (χ1n) is 10.7. The van der Waals surface area contributed by atoms with Crippen LogP contribution in [0.3, 0.4) is 0 Å². The summed E-state index contributed by atoms with van der Waals surface area (Å²) in [6.45, 7) is 9.66. The largest absolute Gasteiger partial charge is 0.339 e. The molecule has 2 amide bonds. The van der Waals surface area contributed by atoms with Crippen molar-refractivity contribution in [2.75, 3.05) is 13.1 Å². The number of hydrogen-bond acceptors (Lipinski definition) is 3. The van der Waals surface area contributed by atoms with Crippen molar-refractivity contribution in [2.24, 2.45) is 17.6 Å². The van der Waals surface area contributed by atoms with Crippen molar-refractivity contribution in [3.63, 3.8) is 0 Å². The summed E-state index contributed by atoms with van der Waals surface area (Å²) in [5.41, 5.74) is 6.15. The molecule has 0 aromatic carbocycles. The van der Waals surface area contributed by atoms with E-state index in [0.29, 0.717) is 18.5 Å². The van der Waals surface area contributed by atoms with E-state index < -0.39 is 6.04 Å². The van der Waals surface area contributed by atoms with Crippen LogP contribution in [-0.4, -0.2) is 52.8 Å². The molecule has 2 atom stereocenters. The summed E-state index contributed by atoms with van der Waals surface area (Å²) in [7, 11) is 0. The van der Waals surface area contributed by atoms with E-state index in [1.165, 1.54) is 19.3 Å². The fourth-order valence-electron chi connectivity index (χ4n) is 4.36. The molecule has 1 saturated heterocycles. The molecular weight excluding hydrogens is 326 g/mol. The summed E-state index contributed by atoms with van der Waals surface area (Å²) < 4.78 is 0. The van der Waals surface area contributed by atoms with E-state index >= 15 is 0 Å². The van der Waals surface area contributed by atoms with Gasteiger partial charge in [-0.15, -0.1) is 0 Å². The SMILES string of the molecule is CC(C)CCC(N)C(=O)N1CCC(N(C(=O)C(C)C)C2CCCCC2)C1. The van der Waals surface area contributed by atoms with Crippen LogP contribution in [0.1, 0.15) is 79.1 Å². The van der Waals surface area contributed by atoms with Gasteiger partial charge in [0.05, 0.1) is 12.1 Å². The number of carbonyl (C=O) groups excluding carboxylic acids is 2. The van der Waals surface area contributed by atoms with Gasteiger partial charge in [-0.2, -0.15) is 0 Å². The molecule has 150 valence electrons. The molecule has 1 saturated carbocycles.